The number of H-pyrrole nitrogens is 1. The van der Waals surface area contributed by atoms with Crippen molar-refractivity contribution in [3.8, 4) is 0 Å². The van der Waals surface area contributed by atoms with Crippen LogP contribution in [0.1, 0.15) is 49.4 Å². The van der Waals surface area contributed by atoms with Crippen LogP contribution in [0.15, 0.2) is 43.9 Å². The first-order chi connectivity index (χ1) is 16.8. The molecular weight excluding hydrogens is 477 g/mol. The molecule has 1 aromatic carbocycles. The highest BCUT2D eigenvalue weighted by Gasteiger charge is 2.17. The Morgan fingerprint density at radius 2 is 1.91 bits per heavy atom. The molecule has 0 bridgehead atoms. The van der Waals surface area contributed by atoms with Crippen molar-refractivity contribution in [2.45, 2.75) is 45.6 Å². The molecule has 2 heterocycles. The number of hydrogen-bond acceptors (Lipinski definition) is 4. The van der Waals surface area contributed by atoms with Crippen molar-refractivity contribution in [1.29, 1.82) is 0 Å². The van der Waals surface area contributed by atoms with Gasteiger partial charge in [-0.3, -0.25) is 4.68 Å². The summed E-state index contributed by atoms with van der Waals surface area (Å²) in [6, 6.07) is 1.34. The lowest BCUT2D eigenvalue weighted by Crippen LogP contribution is -2.25. The van der Waals surface area contributed by atoms with Crippen molar-refractivity contribution in [2.24, 2.45) is 0 Å². The Bertz CT molecular complexity index is 1130. The topological polar surface area (TPSA) is 61.8 Å². The fourth-order valence-electron chi connectivity index (χ4n) is 3.83. The predicted molar refractivity (Wildman–Crippen MR) is 134 cm³/mol. The summed E-state index contributed by atoms with van der Waals surface area (Å²) in [5.74, 6) is -2.23. The van der Waals surface area contributed by atoms with E-state index in [1.165, 1.54) is 10.9 Å². The summed E-state index contributed by atoms with van der Waals surface area (Å²) in [6.45, 7) is 11.6. The molecule has 0 aliphatic carbocycles. The minimum atomic E-state index is -0.945. The largest absolute Gasteiger partial charge is 0.370 e. The number of nitrogens with one attached hydrogen (secondary N) is 2. The molecule has 0 amide bonds. The third-order valence-electron chi connectivity index (χ3n) is 5.62. The summed E-state index contributed by atoms with van der Waals surface area (Å²) >= 11 is 6.07. The standard InChI is InChI=1S/C25H30ClF3N6/c1-4-6-7-10-34(17(3)23-24(30-5-2)33-25(26)32-23)11-8-9-18-14-31-35(15-18)16-20-21(28)12-19(27)13-22(20)29/h5,12-15,30H,2-4,6-11,16H2,1H3,(H,32,33). The van der Waals surface area contributed by atoms with Crippen LogP contribution in [0.25, 0.3) is 5.70 Å². The zero-order chi connectivity index (χ0) is 25.4. The van der Waals surface area contributed by atoms with Gasteiger partial charge in [0.1, 0.15) is 23.1 Å². The van der Waals surface area contributed by atoms with Crippen molar-refractivity contribution < 1.29 is 13.2 Å². The fraction of sp³-hybridized carbons (Fsp3) is 0.360. The summed E-state index contributed by atoms with van der Waals surface area (Å²) < 4.78 is 42.5. The van der Waals surface area contributed by atoms with Crippen molar-refractivity contribution in [3.63, 3.8) is 0 Å². The quantitative estimate of drug-likeness (QED) is 0.249. The van der Waals surface area contributed by atoms with E-state index in [9.17, 15) is 13.2 Å². The van der Waals surface area contributed by atoms with E-state index in [-0.39, 0.29) is 17.4 Å². The Balaban J connectivity index is 1.63. The Morgan fingerprint density at radius 3 is 2.60 bits per heavy atom. The number of halogens is 4. The highest BCUT2D eigenvalue weighted by Crippen LogP contribution is 2.26. The molecule has 10 heteroatoms. The number of nitrogens with zero attached hydrogens (tertiary/aromatic N) is 4. The summed E-state index contributed by atoms with van der Waals surface area (Å²) in [5, 5.41) is 7.45. The van der Waals surface area contributed by atoms with Gasteiger partial charge in [0.15, 0.2) is 5.82 Å². The molecule has 3 rings (SSSR count). The number of aromatic nitrogens is 4. The molecule has 2 N–H and O–H groups in total. The van der Waals surface area contributed by atoms with Crippen LogP contribution < -0.4 is 5.32 Å². The Hall–Kier alpha value is -3.20. The van der Waals surface area contributed by atoms with Gasteiger partial charge in [0.05, 0.1) is 18.4 Å². The molecular formula is C25H30ClF3N6. The van der Waals surface area contributed by atoms with Gasteiger partial charge >= 0.3 is 0 Å². The lowest BCUT2D eigenvalue weighted by atomic mass is 10.1. The first-order valence-corrected chi connectivity index (χ1v) is 11.9. The first-order valence-electron chi connectivity index (χ1n) is 11.5. The Kier molecular flexibility index (Phi) is 9.42. The van der Waals surface area contributed by atoms with Gasteiger partial charge in [-0.1, -0.05) is 32.9 Å². The molecule has 0 saturated heterocycles. The van der Waals surface area contributed by atoms with Gasteiger partial charge in [-0.2, -0.15) is 10.1 Å². The summed E-state index contributed by atoms with van der Waals surface area (Å²) in [4.78, 5) is 9.49. The zero-order valence-corrected chi connectivity index (χ0v) is 20.5. The van der Waals surface area contributed by atoms with Crippen LogP contribution in [-0.4, -0.2) is 37.7 Å². The summed E-state index contributed by atoms with van der Waals surface area (Å²) in [6.07, 6.45) is 9.72. The summed E-state index contributed by atoms with van der Waals surface area (Å²) in [5.41, 5.74) is 2.21. The first kappa shape index (κ1) is 26.4. The molecule has 0 unspecified atom stereocenters. The van der Waals surface area contributed by atoms with Gasteiger partial charge in [-0.05, 0) is 42.6 Å². The molecule has 0 saturated carbocycles. The average Bonchev–Trinajstić information content (AvgIpc) is 3.41. The second kappa shape index (κ2) is 12.5. The molecule has 6 nitrogen and oxygen atoms in total. The Morgan fingerprint density at radius 1 is 1.20 bits per heavy atom. The molecule has 3 aromatic rings. The summed E-state index contributed by atoms with van der Waals surface area (Å²) in [7, 11) is 0. The van der Waals surface area contributed by atoms with Gasteiger partial charge in [-0.25, -0.2) is 13.2 Å². The lowest BCUT2D eigenvalue weighted by Gasteiger charge is -2.26. The smallest absolute Gasteiger partial charge is 0.202 e. The molecule has 35 heavy (non-hydrogen) atoms. The van der Waals surface area contributed by atoms with E-state index in [1.54, 1.807) is 12.4 Å². The molecule has 0 aliphatic heterocycles. The fourth-order valence-corrected chi connectivity index (χ4v) is 4.01. The number of hydrogen-bond donors (Lipinski definition) is 2. The normalized spacial score (nSPS) is 11.0. The molecule has 188 valence electrons. The van der Waals surface area contributed by atoms with Gasteiger partial charge in [-0.15, -0.1) is 0 Å². The molecule has 0 radical (unpaired) electrons. The van der Waals surface area contributed by atoms with E-state index in [1.807, 2.05) is 0 Å². The SMILES string of the molecule is C=CNc1nc(Cl)[nH]c1C(=C)N(CCCCC)CCCc1cnn(Cc2c(F)cc(F)cc2F)c1. The third-order valence-corrected chi connectivity index (χ3v) is 5.80. The second-order valence-corrected chi connectivity index (χ2v) is 8.60. The molecule has 0 atom stereocenters. The number of unbranched alkanes of at least 4 members (excludes halogenated alkanes) is 2. The van der Waals surface area contributed by atoms with Crippen molar-refractivity contribution >= 4 is 23.1 Å². The maximum atomic E-state index is 14.0. The minimum Gasteiger partial charge on any atom is -0.370 e. The lowest BCUT2D eigenvalue weighted by molar-refractivity contribution is 0.377. The van der Waals surface area contributed by atoms with E-state index < -0.39 is 17.5 Å². The molecule has 2 aromatic heterocycles. The molecule has 0 aliphatic rings. The van der Waals surface area contributed by atoms with Crippen LogP contribution in [0, 0.1) is 17.5 Å². The number of imidazole rings is 1. The van der Waals surface area contributed by atoms with Crippen LogP contribution >= 0.6 is 11.6 Å². The van der Waals surface area contributed by atoms with Crippen molar-refractivity contribution in [3.05, 3.63) is 83.4 Å². The maximum Gasteiger partial charge on any atom is 0.202 e. The second-order valence-electron chi connectivity index (χ2n) is 8.24. The van der Waals surface area contributed by atoms with Gasteiger partial charge in [0, 0.05) is 37.0 Å². The van der Waals surface area contributed by atoms with Crippen LogP contribution in [-0.2, 0) is 13.0 Å². The van der Waals surface area contributed by atoms with E-state index >= 15 is 0 Å². The molecule has 0 fully saturated rings. The average molecular weight is 507 g/mol. The zero-order valence-electron chi connectivity index (χ0n) is 19.8. The van der Waals surface area contributed by atoms with Crippen LogP contribution in [0.4, 0.5) is 19.0 Å². The number of benzene rings is 1. The predicted octanol–water partition coefficient (Wildman–Crippen LogP) is 6.38. The highest BCUT2D eigenvalue weighted by molar-refractivity contribution is 6.28. The number of aromatic amines is 1. The number of anilines is 1. The van der Waals surface area contributed by atoms with Gasteiger partial charge in [0.25, 0.3) is 0 Å². The van der Waals surface area contributed by atoms with Crippen LogP contribution in [0.5, 0.6) is 0 Å². The van der Waals surface area contributed by atoms with Crippen molar-refractivity contribution in [1.82, 2.24) is 24.6 Å². The molecule has 0 spiro atoms. The maximum absolute atomic E-state index is 14.0. The van der Waals surface area contributed by atoms with E-state index in [0.717, 1.165) is 50.0 Å². The van der Waals surface area contributed by atoms with E-state index in [0.29, 0.717) is 30.1 Å². The van der Waals surface area contributed by atoms with E-state index in [4.69, 9.17) is 11.6 Å². The van der Waals surface area contributed by atoms with Crippen LogP contribution in [0.2, 0.25) is 5.28 Å². The number of rotatable bonds is 14. The number of aryl methyl sites for hydroxylation is 1. The third kappa shape index (κ3) is 7.14. The van der Waals surface area contributed by atoms with Gasteiger partial charge < -0.3 is 15.2 Å². The minimum absolute atomic E-state index is 0.114. The van der Waals surface area contributed by atoms with Gasteiger partial charge in [0.2, 0.25) is 5.28 Å². The highest BCUT2D eigenvalue weighted by atomic mass is 35.5. The monoisotopic (exact) mass is 506 g/mol. The van der Waals surface area contributed by atoms with E-state index in [2.05, 4.69) is 45.4 Å². The van der Waals surface area contributed by atoms with Crippen LogP contribution in [0.3, 0.4) is 0 Å². The Labute approximate surface area is 208 Å². The van der Waals surface area contributed by atoms with Crippen molar-refractivity contribution in [2.75, 3.05) is 18.4 Å².